The van der Waals surface area contributed by atoms with Gasteiger partial charge >= 0.3 is 17.1 Å². The van der Waals surface area contributed by atoms with E-state index in [2.05, 4.69) is 104 Å². The first-order valence-corrected chi connectivity index (χ1v) is 16.0. The Morgan fingerprint density at radius 3 is 1.61 bits per heavy atom. The number of hydrogen-bond acceptors (Lipinski definition) is 8. The smallest absolute Gasteiger partial charge is 0.741 e. The molecule has 0 heterocycles. The third kappa shape index (κ3) is 8.53. The molecule has 0 fully saturated rings. The van der Waals surface area contributed by atoms with Crippen molar-refractivity contribution in [1.29, 1.82) is 0 Å². The van der Waals surface area contributed by atoms with E-state index in [4.69, 9.17) is 25.3 Å². The normalized spacial score (nSPS) is 12.7. The van der Waals surface area contributed by atoms with Crippen molar-refractivity contribution in [3.8, 4) is 0 Å². The van der Waals surface area contributed by atoms with Crippen LogP contribution in [0.1, 0.15) is 12.5 Å². The fourth-order valence-corrected chi connectivity index (χ4v) is 8.52. The molecule has 4 rings (SSSR count). The zero-order chi connectivity index (χ0) is 30.7. The Morgan fingerprint density at radius 1 is 0.727 bits per heavy atom. The Bertz CT molecular complexity index is 1560. The maximum absolute atomic E-state index is 11.1. The molecule has 0 spiro atoms. The average Bonchev–Trinajstić information content (AvgIpc) is 3.05. The van der Waals surface area contributed by atoms with Gasteiger partial charge in [0.05, 0.1) is 10.6 Å². The van der Waals surface area contributed by atoms with Crippen molar-refractivity contribution in [2.24, 2.45) is 20.4 Å². The largest absolute Gasteiger partial charge is 2.00 e. The van der Waals surface area contributed by atoms with Crippen LogP contribution in [0.5, 0.6) is 0 Å². The number of rotatable bonds is 10. The Labute approximate surface area is 278 Å². The summed E-state index contributed by atoms with van der Waals surface area (Å²) >= 11 is 10.7. The first kappa shape index (κ1) is 34.4. The topological polar surface area (TPSA) is 117 Å². The van der Waals surface area contributed by atoms with Gasteiger partial charge in [-0.2, -0.15) is 15.3 Å². The van der Waals surface area contributed by atoms with Crippen LogP contribution in [0.2, 0.25) is 0 Å². The number of nitro groups is 1. The van der Waals surface area contributed by atoms with Crippen LogP contribution < -0.4 is 26.5 Å². The molecule has 9 nitrogen and oxygen atoms in total. The van der Waals surface area contributed by atoms with Gasteiger partial charge in [-0.3, -0.25) is 10.1 Å². The van der Waals surface area contributed by atoms with Gasteiger partial charge in [0, 0.05) is 29.9 Å². The van der Waals surface area contributed by atoms with E-state index in [1.807, 2.05) is 18.2 Å². The second-order valence-corrected chi connectivity index (χ2v) is 13.4. The number of nitrogens with zero attached hydrogens (tertiary/aromatic N) is 5. The number of hydrogen-bond donors (Lipinski definition) is 2. The summed E-state index contributed by atoms with van der Waals surface area (Å²) in [5.41, 5.74) is 1.26. The fourth-order valence-electron chi connectivity index (χ4n) is 4.38. The van der Waals surface area contributed by atoms with E-state index >= 15 is 0 Å². The van der Waals surface area contributed by atoms with Crippen molar-refractivity contribution >= 4 is 75.9 Å². The van der Waals surface area contributed by atoms with E-state index < -0.39 is 12.2 Å². The van der Waals surface area contributed by atoms with E-state index in [9.17, 15) is 10.1 Å². The van der Waals surface area contributed by atoms with Gasteiger partial charge in [0.25, 0.3) is 5.69 Å². The van der Waals surface area contributed by atoms with Gasteiger partial charge in [0.2, 0.25) is 0 Å². The molecule has 0 saturated carbocycles. The zero-order valence-electron chi connectivity index (χ0n) is 23.8. The number of non-ortho nitro benzene ring substituents is 1. The van der Waals surface area contributed by atoms with Gasteiger partial charge in [-0.15, -0.1) is 5.10 Å². The summed E-state index contributed by atoms with van der Waals surface area (Å²) in [7, 11) is -0.547. The molecule has 44 heavy (non-hydrogen) atoms. The summed E-state index contributed by atoms with van der Waals surface area (Å²) in [6.45, 7) is 1.71. The Hall–Kier alpha value is -4.05. The van der Waals surface area contributed by atoms with E-state index in [1.54, 1.807) is 26.1 Å². The summed E-state index contributed by atoms with van der Waals surface area (Å²) in [5, 5.41) is 38.1. The minimum atomic E-state index is -2.18. The molecule has 4 aromatic rings. The van der Waals surface area contributed by atoms with Crippen molar-refractivity contribution in [2.45, 2.75) is 6.92 Å². The molecular weight excluding hydrogens is 661 g/mol. The van der Waals surface area contributed by atoms with Gasteiger partial charge in [-0.25, -0.2) is 0 Å². The van der Waals surface area contributed by atoms with E-state index in [-0.39, 0.29) is 33.1 Å². The molecule has 2 N–H and O–H groups in total. The molecule has 4 aromatic carbocycles. The molecule has 1 radical (unpaired) electrons. The third-order valence-corrected chi connectivity index (χ3v) is 11.2. The van der Waals surface area contributed by atoms with Gasteiger partial charge in [0.1, 0.15) is 35.2 Å². The Morgan fingerprint density at radius 2 is 1.18 bits per heavy atom. The summed E-state index contributed by atoms with van der Waals surface area (Å²) in [5.74, 6) is 0. The van der Waals surface area contributed by atoms with Crippen molar-refractivity contribution in [1.82, 2.24) is 10.6 Å². The molecule has 227 valence electrons. The van der Waals surface area contributed by atoms with Crippen LogP contribution in [0.15, 0.2) is 136 Å². The Kier molecular flexibility index (Phi) is 13.1. The number of nitro benzene ring substituents is 1. The van der Waals surface area contributed by atoms with E-state index in [0.29, 0.717) is 23.3 Å². The molecule has 0 atom stereocenters. The van der Waals surface area contributed by atoms with Gasteiger partial charge < -0.3 is 35.9 Å². The zero-order valence-corrected chi connectivity index (χ0v) is 27.3. The quantitative estimate of drug-likeness (QED) is 0.0490. The second kappa shape index (κ2) is 16.7. The number of benzene rings is 4. The fraction of sp³-hybridized carbons (Fsp3) is 0.0968. The van der Waals surface area contributed by atoms with Crippen molar-refractivity contribution in [3.05, 3.63) is 131 Å². The molecule has 0 aliphatic rings. The van der Waals surface area contributed by atoms with Crippen molar-refractivity contribution in [3.63, 3.8) is 0 Å². The SMILES string of the molecule is CN/C([S-])=N/N=C(/C(C)=N/N=C(\[S-])NC[P+](c1ccccc1)(c1ccccc1)c1ccccc1)c1ccc([N+](=O)[O-])cc1.[Cu+2]. The minimum absolute atomic E-state index is 0. The molecule has 0 bridgehead atoms. The first-order chi connectivity index (χ1) is 20.8. The maximum Gasteiger partial charge on any atom is 2.00 e. The van der Waals surface area contributed by atoms with Crippen LogP contribution in [0.4, 0.5) is 5.69 Å². The van der Waals surface area contributed by atoms with Crippen molar-refractivity contribution in [2.75, 3.05) is 13.3 Å². The summed E-state index contributed by atoms with van der Waals surface area (Å²) < 4.78 is 0. The summed E-state index contributed by atoms with van der Waals surface area (Å²) in [4.78, 5) is 10.7. The molecule has 0 aromatic heterocycles. The third-order valence-electron chi connectivity index (χ3n) is 6.50. The molecule has 0 aliphatic carbocycles. The second-order valence-electron chi connectivity index (χ2n) is 9.15. The predicted octanol–water partition coefficient (Wildman–Crippen LogP) is 4.24. The maximum atomic E-state index is 11.1. The molecule has 0 aliphatic heterocycles. The van der Waals surface area contributed by atoms with Crippen LogP contribution in [0.3, 0.4) is 0 Å². The van der Waals surface area contributed by atoms with Crippen molar-refractivity contribution < 1.29 is 22.0 Å². The van der Waals surface area contributed by atoms with Gasteiger partial charge in [-0.1, -0.05) is 54.6 Å². The first-order valence-electron chi connectivity index (χ1n) is 13.2. The molecule has 13 heteroatoms. The average molecular weight is 690 g/mol. The van der Waals surface area contributed by atoms with Crippen LogP contribution in [0, 0.1) is 10.1 Å². The minimum Gasteiger partial charge on any atom is -0.741 e. The van der Waals surface area contributed by atoms with E-state index in [1.165, 1.54) is 28.0 Å². The number of nitrogens with one attached hydrogen (secondary N) is 2. The van der Waals surface area contributed by atoms with Crippen LogP contribution in [-0.2, 0) is 42.3 Å². The summed E-state index contributed by atoms with van der Waals surface area (Å²) in [6, 6.07) is 37.2. The predicted molar refractivity (Wildman–Crippen MR) is 185 cm³/mol. The van der Waals surface area contributed by atoms with Gasteiger partial charge in [-0.05, 0) is 60.6 Å². The Balaban J connectivity index is 0.00000529. The van der Waals surface area contributed by atoms with Crippen LogP contribution in [-0.4, -0.2) is 40.0 Å². The molecule has 0 amide bonds. The standard InChI is InChI=1S/C31H30N7O2PS2.Cu/c1-23(29(35-36-30(42)32-2)24-18-20-25(21-19-24)38(39)40)34-37-31(43)33-22-41(26-12-6-3-7-13-26,27-14-8-4-9-15-27)28-16-10-5-11-17-28;/h3-21H,22H2,1-2H3,(H3-,32,33,34,35,36,37,42,43);/q;+2/p-1. The van der Waals surface area contributed by atoms with Crippen LogP contribution >= 0.6 is 7.26 Å². The van der Waals surface area contributed by atoms with Gasteiger partial charge in [0.15, 0.2) is 0 Å². The molecule has 0 saturated heterocycles. The monoisotopic (exact) mass is 689 g/mol. The molecular formula is C31H29CuN7O2PS2+. The molecule has 0 unspecified atom stereocenters. The summed E-state index contributed by atoms with van der Waals surface area (Å²) in [6.07, 6.45) is 0.525. The van der Waals surface area contributed by atoms with Crippen LogP contribution in [0.25, 0.3) is 0 Å². The van der Waals surface area contributed by atoms with E-state index in [0.717, 1.165) is 0 Å². The number of amidine groups is 2.